The van der Waals surface area contributed by atoms with Crippen LogP contribution in [0, 0.1) is 0 Å². The molecule has 0 aromatic carbocycles. The minimum Gasteiger partial charge on any atom is -0.454 e. The van der Waals surface area contributed by atoms with Gasteiger partial charge in [-0.05, 0) is 58.1 Å². The monoisotopic (exact) mass is 298 g/mol. The first-order valence-corrected chi connectivity index (χ1v) is 8.05. The average Bonchev–Trinajstić information content (AvgIpc) is 2.77. The quantitative estimate of drug-likeness (QED) is 0.491. The van der Waals surface area contributed by atoms with Gasteiger partial charge in [0.15, 0.2) is 0 Å². The number of carbonyl (C=O) groups is 1. The first-order chi connectivity index (χ1) is 10.5. The van der Waals surface area contributed by atoms with Crippen molar-refractivity contribution < 1.29 is 9.53 Å². The summed E-state index contributed by atoms with van der Waals surface area (Å²) >= 11 is 0. The third-order valence-electron chi connectivity index (χ3n) is 4.24. The summed E-state index contributed by atoms with van der Waals surface area (Å²) in [5.41, 5.74) is 5.74. The van der Waals surface area contributed by atoms with E-state index in [4.69, 9.17) is 4.74 Å². The largest absolute Gasteiger partial charge is 0.454 e. The van der Waals surface area contributed by atoms with Gasteiger partial charge in [-0.3, -0.25) is 0 Å². The van der Waals surface area contributed by atoms with E-state index in [0.29, 0.717) is 0 Å². The Hall–Kier alpha value is -1.83. The predicted molar refractivity (Wildman–Crippen MR) is 91.5 cm³/mol. The minimum absolute atomic E-state index is 0.0874. The molecular formula is C20H26O2. The number of esters is 1. The summed E-state index contributed by atoms with van der Waals surface area (Å²) in [5.74, 6) is -0.152. The normalized spacial score (nSPS) is 23.6. The Bertz CT molecular complexity index is 585. The molecule has 0 saturated heterocycles. The van der Waals surface area contributed by atoms with Crippen LogP contribution in [0.25, 0.3) is 0 Å². The first-order valence-electron chi connectivity index (χ1n) is 8.05. The molecule has 0 saturated carbocycles. The highest BCUT2D eigenvalue weighted by molar-refractivity contribution is 5.91. The molecule has 0 N–H and O–H groups in total. The topological polar surface area (TPSA) is 26.3 Å². The smallest absolute Gasteiger partial charge is 0.334 e. The highest BCUT2D eigenvalue weighted by Crippen LogP contribution is 2.26. The van der Waals surface area contributed by atoms with Crippen LogP contribution in [0.15, 0.2) is 58.7 Å². The lowest BCUT2D eigenvalue weighted by Crippen LogP contribution is -2.08. The summed E-state index contributed by atoms with van der Waals surface area (Å²) in [4.78, 5) is 12.0. The van der Waals surface area contributed by atoms with Gasteiger partial charge in [0.2, 0.25) is 0 Å². The molecule has 0 spiro atoms. The van der Waals surface area contributed by atoms with Gasteiger partial charge >= 0.3 is 5.97 Å². The number of rotatable bonds is 1. The molecule has 1 aliphatic heterocycles. The molecule has 2 bridgehead atoms. The van der Waals surface area contributed by atoms with Crippen molar-refractivity contribution in [3.05, 3.63) is 58.7 Å². The highest BCUT2D eigenvalue weighted by atomic mass is 16.5. The maximum Gasteiger partial charge on any atom is 0.334 e. The summed E-state index contributed by atoms with van der Waals surface area (Å²) in [6.07, 6.45) is 13.0. The molecule has 0 aromatic heterocycles. The van der Waals surface area contributed by atoms with Gasteiger partial charge in [-0.25, -0.2) is 4.79 Å². The maximum atomic E-state index is 12.0. The van der Waals surface area contributed by atoms with Crippen LogP contribution in [0.5, 0.6) is 0 Å². The molecule has 1 atom stereocenters. The zero-order valence-corrected chi connectivity index (χ0v) is 13.9. The van der Waals surface area contributed by atoms with E-state index in [-0.39, 0.29) is 12.1 Å². The van der Waals surface area contributed by atoms with E-state index in [2.05, 4.69) is 38.7 Å². The van der Waals surface area contributed by atoms with E-state index in [1.165, 1.54) is 16.7 Å². The Balaban J connectivity index is 2.25. The van der Waals surface area contributed by atoms with Gasteiger partial charge in [0.05, 0.1) is 0 Å². The second kappa shape index (κ2) is 7.44. The lowest BCUT2D eigenvalue weighted by molar-refractivity contribution is -0.139. The van der Waals surface area contributed by atoms with Crippen LogP contribution in [0.3, 0.4) is 0 Å². The number of hydrogen-bond donors (Lipinski definition) is 0. The van der Waals surface area contributed by atoms with E-state index in [0.717, 1.165) is 43.3 Å². The van der Waals surface area contributed by atoms with Gasteiger partial charge in [0, 0.05) is 12.0 Å². The van der Waals surface area contributed by atoms with Gasteiger partial charge in [-0.15, -0.1) is 0 Å². The van der Waals surface area contributed by atoms with Crippen LogP contribution in [0.1, 0.15) is 52.9 Å². The summed E-state index contributed by atoms with van der Waals surface area (Å²) in [5, 5.41) is 0. The molecule has 118 valence electrons. The van der Waals surface area contributed by atoms with Crippen molar-refractivity contribution in [2.24, 2.45) is 0 Å². The van der Waals surface area contributed by atoms with Crippen LogP contribution in [-0.4, -0.2) is 12.1 Å². The van der Waals surface area contributed by atoms with E-state index >= 15 is 0 Å². The Labute approximate surface area is 133 Å². The molecule has 22 heavy (non-hydrogen) atoms. The second-order valence-corrected chi connectivity index (χ2v) is 6.41. The van der Waals surface area contributed by atoms with Crippen molar-refractivity contribution in [3.8, 4) is 0 Å². The van der Waals surface area contributed by atoms with Crippen LogP contribution in [-0.2, 0) is 9.53 Å². The SMILES string of the molecule is C=C(C)C1=CC=C(C)CCC=C(C)C[C@H]2C=C(CC1)C(=O)O2. The average molecular weight is 298 g/mol. The fraction of sp³-hybridized carbons (Fsp3) is 0.450. The number of hydrogen-bond acceptors (Lipinski definition) is 2. The molecular weight excluding hydrogens is 272 g/mol. The number of allylic oxidation sites excluding steroid dienone is 6. The highest BCUT2D eigenvalue weighted by Gasteiger charge is 2.25. The number of carbonyl (C=O) groups excluding carboxylic acids is 1. The zero-order valence-electron chi connectivity index (χ0n) is 13.9. The molecule has 2 nitrogen and oxygen atoms in total. The van der Waals surface area contributed by atoms with Gasteiger partial charge < -0.3 is 4.74 Å². The summed E-state index contributed by atoms with van der Waals surface area (Å²) in [6, 6.07) is 0. The van der Waals surface area contributed by atoms with Crippen molar-refractivity contribution in [1.29, 1.82) is 0 Å². The van der Waals surface area contributed by atoms with E-state index < -0.39 is 0 Å². The Morgan fingerprint density at radius 2 is 1.95 bits per heavy atom. The summed E-state index contributed by atoms with van der Waals surface area (Å²) < 4.78 is 5.46. The standard InChI is InChI=1S/C20H26O2/c1-14(2)17-9-8-15(3)6-5-7-16(4)12-19-13-18(11-10-17)20(21)22-19/h7-9,13,19H,1,5-6,10-12H2,2-4H3/t19-/m0/s1. The Morgan fingerprint density at radius 3 is 2.68 bits per heavy atom. The van der Waals surface area contributed by atoms with Crippen molar-refractivity contribution in [3.63, 3.8) is 0 Å². The summed E-state index contributed by atoms with van der Waals surface area (Å²) in [6.45, 7) is 10.4. The molecule has 1 heterocycles. The van der Waals surface area contributed by atoms with Crippen molar-refractivity contribution >= 4 is 5.97 Å². The lowest BCUT2D eigenvalue weighted by Gasteiger charge is -2.08. The first kappa shape index (κ1) is 16.5. The molecule has 0 radical (unpaired) electrons. The lowest BCUT2D eigenvalue weighted by atomic mass is 9.97. The molecule has 0 amide bonds. The summed E-state index contributed by atoms with van der Waals surface area (Å²) in [7, 11) is 0. The maximum absolute atomic E-state index is 12.0. The van der Waals surface area contributed by atoms with E-state index in [1.807, 2.05) is 13.0 Å². The molecule has 1 aliphatic carbocycles. The van der Waals surface area contributed by atoms with Crippen molar-refractivity contribution in [2.75, 3.05) is 0 Å². The minimum atomic E-state index is -0.152. The van der Waals surface area contributed by atoms with Gasteiger partial charge in [0.1, 0.15) is 6.10 Å². The fourth-order valence-electron chi connectivity index (χ4n) is 2.81. The zero-order chi connectivity index (χ0) is 16.1. The molecule has 0 aromatic rings. The molecule has 0 unspecified atom stereocenters. The van der Waals surface area contributed by atoms with Crippen molar-refractivity contribution in [1.82, 2.24) is 0 Å². The van der Waals surface area contributed by atoms with Crippen molar-refractivity contribution in [2.45, 2.75) is 59.0 Å². The molecule has 2 heteroatoms. The van der Waals surface area contributed by atoms with Gasteiger partial charge in [-0.2, -0.15) is 0 Å². The van der Waals surface area contributed by atoms with E-state index in [1.54, 1.807) is 0 Å². The van der Waals surface area contributed by atoms with E-state index in [9.17, 15) is 4.79 Å². The number of fused-ring (bicyclic) bond motifs is 1. The third-order valence-corrected chi connectivity index (χ3v) is 4.24. The van der Waals surface area contributed by atoms with Crippen LogP contribution in [0.4, 0.5) is 0 Å². The van der Waals surface area contributed by atoms with Crippen LogP contribution >= 0.6 is 0 Å². The molecule has 2 rings (SSSR count). The van der Waals surface area contributed by atoms with Crippen LogP contribution < -0.4 is 0 Å². The second-order valence-electron chi connectivity index (χ2n) is 6.41. The van der Waals surface area contributed by atoms with Gasteiger partial charge in [-0.1, -0.05) is 41.5 Å². The third kappa shape index (κ3) is 4.59. The predicted octanol–water partition coefficient (Wildman–Crippen LogP) is 5.20. The Morgan fingerprint density at radius 1 is 1.18 bits per heavy atom. The van der Waals surface area contributed by atoms with Crippen LogP contribution in [0.2, 0.25) is 0 Å². The van der Waals surface area contributed by atoms with Gasteiger partial charge in [0.25, 0.3) is 0 Å². The molecule has 2 aliphatic rings. The molecule has 0 fully saturated rings. The Kier molecular flexibility index (Phi) is 5.59. The fourth-order valence-corrected chi connectivity index (χ4v) is 2.81. The number of ether oxygens (including phenoxy) is 1.